The van der Waals surface area contributed by atoms with E-state index in [0.717, 1.165) is 36.1 Å². The van der Waals surface area contributed by atoms with Gasteiger partial charge in [0.15, 0.2) is 11.5 Å². The first-order valence-corrected chi connectivity index (χ1v) is 9.46. The largest absolute Gasteiger partial charge is 0.505 e. The number of ether oxygens (including phenoxy) is 2. The fourth-order valence-electron chi connectivity index (χ4n) is 4.50. The van der Waals surface area contributed by atoms with Crippen molar-refractivity contribution >= 4 is 17.5 Å². The van der Waals surface area contributed by atoms with Crippen molar-refractivity contribution < 1.29 is 24.2 Å². The summed E-state index contributed by atoms with van der Waals surface area (Å²) in [6.45, 7) is 0. The van der Waals surface area contributed by atoms with Crippen LogP contribution in [0.15, 0.2) is 42.1 Å². The maximum atomic E-state index is 13.3. The number of fused-ring (bicyclic) bond motifs is 2. The third kappa shape index (κ3) is 2.55. The van der Waals surface area contributed by atoms with Gasteiger partial charge >= 0.3 is 5.97 Å². The van der Waals surface area contributed by atoms with Crippen LogP contribution in [0.25, 0.3) is 16.9 Å². The van der Waals surface area contributed by atoms with Crippen molar-refractivity contribution in [3.63, 3.8) is 0 Å². The molecule has 2 heterocycles. The minimum atomic E-state index is -0.839. The van der Waals surface area contributed by atoms with Crippen LogP contribution < -0.4 is 4.74 Å². The Labute approximate surface area is 163 Å². The van der Waals surface area contributed by atoms with Gasteiger partial charge in [0.2, 0.25) is 0 Å². The molecule has 1 N–H and O–H groups in total. The van der Waals surface area contributed by atoms with Gasteiger partial charge in [-0.2, -0.15) is 0 Å². The standard InChI is InChI=1S/C22H23NO5/c1-27-15-8-6-14(7-9-15)16-10-13-23-18(16)19(24)17(21(26)28-2)20(25)22(23)11-4-3-5-12-22/h6-10,13,24H,3-5,11-12H2,1-2H3. The van der Waals surface area contributed by atoms with E-state index >= 15 is 0 Å². The first kappa shape index (κ1) is 18.3. The molecule has 1 aromatic heterocycles. The van der Waals surface area contributed by atoms with E-state index in [9.17, 15) is 14.7 Å². The van der Waals surface area contributed by atoms with Crippen LogP contribution in [0.3, 0.4) is 0 Å². The van der Waals surface area contributed by atoms with E-state index in [1.165, 1.54) is 7.11 Å². The molecule has 0 amide bonds. The van der Waals surface area contributed by atoms with Gasteiger partial charge in [-0.1, -0.05) is 31.4 Å². The zero-order valence-electron chi connectivity index (χ0n) is 16.0. The van der Waals surface area contributed by atoms with E-state index in [4.69, 9.17) is 9.47 Å². The summed E-state index contributed by atoms with van der Waals surface area (Å²) in [6.07, 6.45) is 5.99. The van der Waals surface area contributed by atoms with Gasteiger partial charge in [0.25, 0.3) is 0 Å². The maximum absolute atomic E-state index is 13.3. The van der Waals surface area contributed by atoms with E-state index < -0.39 is 11.5 Å². The third-order valence-corrected chi connectivity index (χ3v) is 5.93. The van der Waals surface area contributed by atoms with Gasteiger partial charge in [-0.25, -0.2) is 4.79 Å². The second kappa shape index (κ2) is 6.86. The molecule has 1 saturated carbocycles. The van der Waals surface area contributed by atoms with E-state index in [1.54, 1.807) is 7.11 Å². The number of carbonyl (C=O) groups excluding carboxylic acids is 2. The Kier molecular flexibility index (Phi) is 4.49. The normalized spacial score (nSPS) is 18.1. The number of nitrogens with zero attached hydrogens (tertiary/aromatic N) is 1. The quantitative estimate of drug-likeness (QED) is 0.645. The predicted octanol–water partition coefficient (Wildman–Crippen LogP) is 3.85. The highest BCUT2D eigenvalue weighted by atomic mass is 16.5. The first-order valence-electron chi connectivity index (χ1n) is 9.46. The van der Waals surface area contributed by atoms with Crippen LogP contribution in [-0.4, -0.2) is 35.6 Å². The SMILES string of the molecule is COC(=O)C1=C(O)c2c(-c3ccc(OC)cc3)ccn2C2(CCCCC2)C1=O. The minimum absolute atomic E-state index is 0.245. The average Bonchev–Trinajstić information content (AvgIpc) is 3.19. The lowest BCUT2D eigenvalue weighted by atomic mass is 9.73. The number of hydrogen-bond acceptors (Lipinski definition) is 5. The van der Waals surface area contributed by atoms with Crippen LogP contribution in [0, 0.1) is 0 Å². The van der Waals surface area contributed by atoms with Crippen LogP contribution in [0.5, 0.6) is 5.75 Å². The molecule has 4 rings (SSSR count). The second-order valence-electron chi connectivity index (χ2n) is 7.31. The van der Waals surface area contributed by atoms with Crippen LogP contribution in [0.1, 0.15) is 37.8 Å². The fourth-order valence-corrected chi connectivity index (χ4v) is 4.50. The van der Waals surface area contributed by atoms with Crippen molar-refractivity contribution in [2.24, 2.45) is 0 Å². The summed E-state index contributed by atoms with van der Waals surface area (Å²) in [6, 6.07) is 9.35. The highest BCUT2D eigenvalue weighted by Gasteiger charge is 2.50. The molecule has 0 bridgehead atoms. The van der Waals surface area contributed by atoms with Gasteiger partial charge in [0, 0.05) is 11.8 Å². The zero-order valence-corrected chi connectivity index (χ0v) is 16.0. The van der Waals surface area contributed by atoms with E-state index in [2.05, 4.69) is 0 Å². The first-order chi connectivity index (χ1) is 13.5. The maximum Gasteiger partial charge on any atom is 0.345 e. The van der Waals surface area contributed by atoms with Gasteiger partial charge in [-0.05, 0) is 36.6 Å². The molecule has 6 heteroatoms. The molecule has 0 unspecified atom stereocenters. The molecule has 1 aromatic carbocycles. The molecule has 2 aromatic rings. The van der Waals surface area contributed by atoms with Crippen molar-refractivity contribution in [3.05, 3.63) is 47.8 Å². The monoisotopic (exact) mass is 381 g/mol. The van der Waals surface area contributed by atoms with Gasteiger partial charge in [0.05, 0.1) is 19.9 Å². The molecule has 28 heavy (non-hydrogen) atoms. The lowest BCUT2D eigenvalue weighted by Gasteiger charge is -2.41. The van der Waals surface area contributed by atoms with Crippen LogP contribution in [0.4, 0.5) is 0 Å². The summed E-state index contributed by atoms with van der Waals surface area (Å²) >= 11 is 0. The average molecular weight is 381 g/mol. The number of rotatable bonds is 3. The molecule has 0 radical (unpaired) electrons. The number of ketones is 1. The molecule has 0 atom stereocenters. The minimum Gasteiger partial charge on any atom is -0.505 e. The smallest absolute Gasteiger partial charge is 0.345 e. The number of Topliss-reactive ketones (excluding diaryl/α,β-unsaturated/α-hetero) is 1. The molecule has 6 nitrogen and oxygen atoms in total. The second-order valence-corrected chi connectivity index (χ2v) is 7.31. The summed E-state index contributed by atoms with van der Waals surface area (Å²) in [5.74, 6) is -0.726. The molecule has 146 valence electrons. The number of aliphatic hydroxyl groups is 1. The number of hydrogen-bond donors (Lipinski definition) is 1. The number of benzene rings is 1. The Morgan fingerprint density at radius 1 is 1.07 bits per heavy atom. The Hall–Kier alpha value is -3.02. The number of aliphatic hydroxyl groups excluding tert-OH is 1. The predicted molar refractivity (Wildman–Crippen MR) is 104 cm³/mol. The van der Waals surface area contributed by atoms with Crippen molar-refractivity contribution in [1.29, 1.82) is 0 Å². The summed E-state index contributed by atoms with van der Waals surface area (Å²) in [4.78, 5) is 25.7. The lowest BCUT2D eigenvalue weighted by molar-refractivity contribution is -0.140. The van der Waals surface area contributed by atoms with E-state index in [1.807, 2.05) is 41.1 Å². The number of methoxy groups -OCH3 is 2. The molecule has 0 saturated heterocycles. The highest BCUT2D eigenvalue weighted by Crippen LogP contribution is 2.46. The van der Waals surface area contributed by atoms with Crippen molar-refractivity contribution in [1.82, 2.24) is 4.57 Å². The topological polar surface area (TPSA) is 77.8 Å². The van der Waals surface area contributed by atoms with Gasteiger partial charge in [-0.15, -0.1) is 0 Å². The molecule has 1 spiro atoms. The third-order valence-electron chi connectivity index (χ3n) is 5.93. The van der Waals surface area contributed by atoms with Gasteiger partial charge in [-0.3, -0.25) is 4.79 Å². The lowest BCUT2D eigenvalue weighted by Crippen LogP contribution is -2.48. The Morgan fingerprint density at radius 3 is 2.36 bits per heavy atom. The van der Waals surface area contributed by atoms with Crippen molar-refractivity contribution in [2.45, 2.75) is 37.6 Å². The van der Waals surface area contributed by atoms with E-state index in [0.29, 0.717) is 18.5 Å². The molecular weight excluding hydrogens is 358 g/mol. The summed E-state index contributed by atoms with van der Waals surface area (Å²) < 4.78 is 11.9. The molecular formula is C22H23NO5. The van der Waals surface area contributed by atoms with Crippen LogP contribution >= 0.6 is 0 Å². The molecule has 1 fully saturated rings. The summed E-state index contributed by atoms with van der Waals surface area (Å²) in [5, 5.41) is 11.0. The van der Waals surface area contributed by atoms with Crippen molar-refractivity contribution in [2.75, 3.05) is 14.2 Å². The van der Waals surface area contributed by atoms with Crippen molar-refractivity contribution in [3.8, 4) is 16.9 Å². The number of esters is 1. The number of aromatic nitrogens is 1. The summed E-state index contributed by atoms with van der Waals surface area (Å²) in [7, 11) is 2.83. The summed E-state index contributed by atoms with van der Waals surface area (Å²) in [5.41, 5.74) is 1.04. The van der Waals surface area contributed by atoms with Gasteiger partial charge in [0.1, 0.15) is 16.9 Å². The Morgan fingerprint density at radius 2 is 1.75 bits per heavy atom. The molecule has 1 aliphatic heterocycles. The zero-order chi connectivity index (χ0) is 19.9. The van der Waals surface area contributed by atoms with Crippen LogP contribution in [0.2, 0.25) is 0 Å². The van der Waals surface area contributed by atoms with Crippen LogP contribution in [-0.2, 0) is 19.9 Å². The van der Waals surface area contributed by atoms with Gasteiger partial charge < -0.3 is 19.1 Å². The fraction of sp³-hybridized carbons (Fsp3) is 0.364. The number of carbonyl (C=O) groups is 2. The Balaban J connectivity index is 1.95. The van der Waals surface area contributed by atoms with E-state index in [-0.39, 0.29) is 17.1 Å². The Bertz CT molecular complexity index is 961. The molecule has 2 aliphatic rings. The highest BCUT2D eigenvalue weighted by molar-refractivity contribution is 6.25. The molecule has 1 aliphatic carbocycles.